The summed E-state index contributed by atoms with van der Waals surface area (Å²) in [5.41, 5.74) is 2.20. The lowest BCUT2D eigenvalue weighted by Gasteiger charge is -2.25. The SMILES string of the molecule is Cc1cc(C(=O)Nc2cccc(-c3nnc(N(C(=O)OC(C)(C)C)c4ccc5c(cnn5C(=O)O)c4)s3)c2)n[nH]1. The molecule has 0 aliphatic carbocycles. The Morgan fingerprint density at radius 1 is 1.10 bits per heavy atom. The third-order valence-corrected chi connectivity index (χ3v) is 6.44. The molecule has 0 aliphatic heterocycles. The number of carbonyl (C=O) groups excluding carboxylic acids is 2. The van der Waals surface area contributed by atoms with E-state index in [4.69, 9.17) is 4.74 Å². The zero-order chi connectivity index (χ0) is 28.6. The van der Waals surface area contributed by atoms with Crippen molar-refractivity contribution >= 4 is 56.8 Å². The fourth-order valence-corrected chi connectivity index (χ4v) is 4.65. The number of aryl methyl sites for hydroxylation is 1. The molecule has 0 spiro atoms. The molecule has 14 heteroatoms. The van der Waals surface area contributed by atoms with E-state index in [0.29, 0.717) is 32.8 Å². The van der Waals surface area contributed by atoms with Crippen LogP contribution in [0.5, 0.6) is 0 Å². The molecule has 5 rings (SSSR count). The van der Waals surface area contributed by atoms with Crippen molar-refractivity contribution in [3.8, 4) is 10.6 Å². The Morgan fingerprint density at radius 2 is 1.90 bits per heavy atom. The number of H-pyrrole nitrogens is 1. The smallest absolute Gasteiger partial charge is 0.432 e. The van der Waals surface area contributed by atoms with Crippen molar-refractivity contribution in [1.29, 1.82) is 0 Å². The molecule has 5 aromatic rings. The standard InChI is InChI=1S/C26H24N8O5S/c1-14-10-19(30-29-14)21(35)28-17-7-5-6-15(11-17)22-31-32-23(40-22)33(25(38)39-26(2,3)4)18-8-9-20-16(12-18)13-27-34(20)24(36)37/h5-13H,1-4H3,(H,28,35)(H,29,30)(H,36,37). The molecule has 0 unspecified atom stereocenters. The number of hydrogen-bond donors (Lipinski definition) is 3. The summed E-state index contributed by atoms with van der Waals surface area (Å²) in [6.45, 7) is 7.05. The first-order valence-corrected chi connectivity index (χ1v) is 12.8. The molecule has 2 amide bonds. The molecule has 40 heavy (non-hydrogen) atoms. The summed E-state index contributed by atoms with van der Waals surface area (Å²) in [4.78, 5) is 38.6. The maximum Gasteiger partial charge on any atom is 0.432 e. The second kappa shape index (κ2) is 10.2. The van der Waals surface area contributed by atoms with Gasteiger partial charge in [-0.1, -0.05) is 23.5 Å². The van der Waals surface area contributed by atoms with E-state index >= 15 is 0 Å². The summed E-state index contributed by atoms with van der Waals surface area (Å²) in [5, 5.41) is 32.5. The number of aromatic nitrogens is 6. The van der Waals surface area contributed by atoms with Crippen LogP contribution in [-0.4, -0.2) is 59.0 Å². The Bertz CT molecular complexity index is 1750. The molecule has 3 N–H and O–H groups in total. The van der Waals surface area contributed by atoms with E-state index < -0.39 is 17.8 Å². The lowest BCUT2D eigenvalue weighted by atomic mass is 10.2. The molecule has 0 radical (unpaired) electrons. The van der Waals surface area contributed by atoms with Crippen LogP contribution >= 0.6 is 11.3 Å². The number of carbonyl (C=O) groups is 3. The van der Waals surface area contributed by atoms with Gasteiger partial charge in [-0.25, -0.2) is 14.5 Å². The molecular weight excluding hydrogens is 536 g/mol. The third kappa shape index (κ3) is 5.51. The predicted molar refractivity (Wildman–Crippen MR) is 148 cm³/mol. The van der Waals surface area contributed by atoms with E-state index in [1.807, 2.05) is 6.07 Å². The van der Waals surface area contributed by atoms with Crippen molar-refractivity contribution in [2.45, 2.75) is 33.3 Å². The van der Waals surface area contributed by atoms with Gasteiger partial charge in [-0.2, -0.15) is 14.9 Å². The number of fused-ring (bicyclic) bond motifs is 1. The summed E-state index contributed by atoms with van der Waals surface area (Å²) in [5.74, 6) is -0.364. The highest BCUT2D eigenvalue weighted by Gasteiger charge is 2.28. The first-order valence-electron chi connectivity index (χ1n) is 12.0. The second-order valence-corrected chi connectivity index (χ2v) is 10.7. The Morgan fingerprint density at radius 3 is 2.60 bits per heavy atom. The Hall–Kier alpha value is -5.11. The van der Waals surface area contributed by atoms with Crippen molar-refractivity contribution in [1.82, 2.24) is 30.2 Å². The average molecular weight is 561 g/mol. The minimum atomic E-state index is -1.22. The molecule has 13 nitrogen and oxygen atoms in total. The number of benzene rings is 2. The number of nitrogens with one attached hydrogen (secondary N) is 2. The maximum absolute atomic E-state index is 13.3. The fourth-order valence-electron chi connectivity index (χ4n) is 3.80. The normalized spacial score (nSPS) is 11.4. The number of hydrogen-bond acceptors (Lipinski definition) is 9. The molecule has 2 aromatic carbocycles. The van der Waals surface area contributed by atoms with Crippen molar-refractivity contribution < 1.29 is 24.2 Å². The predicted octanol–water partition coefficient (Wildman–Crippen LogP) is 5.44. The molecule has 3 aromatic heterocycles. The number of carboxylic acid groups (broad SMARTS) is 1. The number of nitrogens with zero attached hydrogens (tertiary/aromatic N) is 6. The summed E-state index contributed by atoms with van der Waals surface area (Å²) < 4.78 is 6.49. The van der Waals surface area contributed by atoms with E-state index in [1.54, 1.807) is 70.2 Å². The van der Waals surface area contributed by atoms with E-state index in [-0.39, 0.29) is 16.7 Å². The Labute approximate surface area is 231 Å². The second-order valence-electron chi connectivity index (χ2n) is 9.76. The van der Waals surface area contributed by atoms with Gasteiger partial charge in [-0.15, -0.1) is 10.2 Å². The van der Waals surface area contributed by atoms with Crippen LogP contribution in [0, 0.1) is 6.92 Å². The van der Waals surface area contributed by atoms with E-state index in [0.717, 1.165) is 21.7 Å². The van der Waals surface area contributed by atoms with Crippen LogP contribution in [0.4, 0.5) is 26.1 Å². The summed E-state index contributed by atoms with van der Waals surface area (Å²) in [7, 11) is 0. The highest BCUT2D eigenvalue weighted by atomic mass is 32.1. The number of ether oxygens (including phenoxy) is 1. The number of anilines is 3. The Balaban J connectivity index is 1.47. The van der Waals surface area contributed by atoms with Gasteiger partial charge in [0, 0.05) is 22.3 Å². The van der Waals surface area contributed by atoms with Gasteiger partial charge in [-0.05, 0) is 64.1 Å². The zero-order valence-corrected chi connectivity index (χ0v) is 22.7. The summed E-state index contributed by atoms with van der Waals surface area (Å²) in [6.07, 6.45) is -0.510. The van der Waals surface area contributed by atoms with Gasteiger partial charge in [0.25, 0.3) is 5.91 Å². The number of aromatic amines is 1. The van der Waals surface area contributed by atoms with Gasteiger partial charge in [0.1, 0.15) is 10.6 Å². The highest BCUT2D eigenvalue weighted by Crippen LogP contribution is 2.36. The molecule has 0 bridgehead atoms. The van der Waals surface area contributed by atoms with Crippen LogP contribution in [0.2, 0.25) is 0 Å². The van der Waals surface area contributed by atoms with Crippen molar-refractivity contribution in [2.75, 3.05) is 10.2 Å². The van der Waals surface area contributed by atoms with Gasteiger partial charge >= 0.3 is 12.2 Å². The average Bonchev–Trinajstić information content (AvgIpc) is 3.63. The highest BCUT2D eigenvalue weighted by molar-refractivity contribution is 7.18. The lowest BCUT2D eigenvalue weighted by Crippen LogP contribution is -2.33. The van der Waals surface area contributed by atoms with Crippen molar-refractivity contribution in [3.05, 3.63) is 66.1 Å². The van der Waals surface area contributed by atoms with Gasteiger partial charge in [0.05, 0.1) is 17.4 Å². The first kappa shape index (κ1) is 26.5. The van der Waals surface area contributed by atoms with Gasteiger partial charge in [-0.3, -0.25) is 9.89 Å². The largest absolute Gasteiger partial charge is 0.463 e. The third-order valence-electron chi connectivity index (χ3n) is 5.48. The van der Waals surface area contributed by atoms with Crippen LogP contribution in [0.25, 0.3) is 21.5 Å². The minimum absolute atomic E-state index is 0.232. The van der Waals surface area contributed by atoms with Crippen molar-refractivity contribution in [2.24, 2.45) is 0 Å². The molecule has 0 fully saturated rings. The Kier molecular flexibility index (Phi) is 6.77. The number of rotatable bonds is 5. The van der Waals surface area contributed by atoms with Gasteiger partial charge < -0.3 is 15.2 Å². The first-order chi connectivity index (χ1) is 19.0. The van der Waals surface area contributed by atoms with Gasteiger partial charge in [0.15, 0.2) is 5.69 Å². The topological polar surface area (TPSA) is 168 Å². The monoisotopic (exact) mass is 560 g/mol. The van der Waals surface area contributed by atoms with Crippen LogP contribution in [0.3, 0.4) is 0 Å². The molecule has 3 heterocycles. The quantitative estimate of drug-likeness (QED) is 0.253. The lowest BCUT2D eigenvalue weighted by molar-refractivity contribution is 0.0598. The van der Waals surface area contributed by atoms with Crippen LogP contribution in [0.15, 0.2) is 54.7 Å². The van der Waals surface area contributed by atoms with Crippen molar-refractivity contribution in [3.63, 3.8) is 0 Å². The van der Waals surface area contributed by atoms with Crippen LogP contribution < -0.4 is 10.2 Å². The van der Waals surface area contributed by atoms with Gasteiger partial charge in [0.2, 0.25) is 5.13 Å². The molecular formula is C26H24N8O5S. The maximum atomic E-state index is 13.3. The molecule has 0 saturated carbocycles. The fraction of sp³-hybridized carbons (Fsp3) is 0.192. The molecule has 0 aliphatic rings. The molecule has 0 saturated heterocycles. The van der Waals surface area contributed by atoms with Crippen LogP contribution in [0.1, 0.15) is 37.0 Å². The van der Waals surface area contributed by atoms with E-state index in [2.05, 4.69) is 30.8 Å². The molecule has 0 atom stereocenters. The molecule has 204 valence electrons. The zero-order valence-electron chi connectivity index (χ0n) is 21.9. The summed E-state index contributed by atoms with van der Waals surface area (Å²) >= 11 is 1.14. The van der Waals surface area contributed by atoms with Crippen LogP contribution in [-0.2, 0) is 4.74 Å². The minimum Gasteiger partial charge on any atom is -0.463 e. The number of amides is 2. The van der Waals surface area contributed by atoms with E-state index in [1.165, 1.54) is 11.1 Å². The summed E-state index contributed by atoms with van der Waals surface area (Å²) in [6, 6.07) is 13.5. The van der Waals surface area contributed by atoms with E-state index in [9.17, 15) is 19.5 Å².